The quantitative estimate of drug-likeness (QED) is 0.685. The third-order valence-corrected chi connectivity index (χ3v) is 2.62. The largest absolute Gasteiger partial charge is 0.480 e. The summed E-state index contributed by atoms with van der Waals surface area (Å²) < 4.78 is 0. The van der Waals surface area contributed by atoms with Crippen LogP contribution in [0.5, 0.6) is 0 Å². The maximum absolute atomic E-state index is 12.0. The fourth-order valence-electron chi connectivity index (χ4n) is 1.64. The van der Waals surface area contributed by atoms with Gasteiger partial charge in [0.1, 0.15) is 13.1 Å². The first-order chi connectivity index (χ1) is 8.45. The van der Waals surface area contributed by atoms with Crippen molar-refractivity contribution >= 4 is 17.9 Å². The molecular formula is C11H19N3O4. The number of nitrogens with one attached hydrogen (secondary N) is 1. The third kappa shape index (κ3) is 4.23. The monoisotopic (exact) mass is 257 g/mol. The predicted octanol–water partition coefficient (Wildman–Crippen LogP) is -0.277. The number of hydrogen-bond donors (Lipinski definition) is 2. The molecular weight excluding hydrogens is 238 g/mol. The second kappa shape index (κ2) is 6.23. The van der Waals surface area contributed by atoms with Gasteiger partial charge in [0.2, 0.25) is 5.91 Å². The van der Waals surface area contributed by atoms with Crippen molar-refractivity contribution in [1.29, 1.82) is 0 Å². The molecule has 0 aromatic heterocycles. The van der Waals surface area contributed by atoms with Gasteiger partial charge in [-0.2, -0.15) is 0 Å². The highest BCUT2D eigenvalue weighted by molar-refractivity contribution is 5.85. The Kier molecular flexibility index (Phi) is 4.94. The van der Waals surface area contributed by atoms with Crippen molar-refractivity contribution in [2.45, 2.75) is 25.8 Å². The van der Waals surface area contributed by atoms with Crippen molar-refractivity contribution in [3.8, 4) is 0 Å². The van der Waals surface area contributed by atoms with Crippen molar-refractivity contribution in [1.82, 2.24) is 15.1 Å². The smallest absolute Gasteiger partial charge is 0.323 e. The highest BCUT2D eigenvalue weighted by Gasteiger charge is 2.35. The summed E-state index contributed by atoms with van der Waals surface area (Å²) >= 11 is 0. The molecule has 0 spiro atoms. The Bertz CT molecular complexity index is 341. The van der Waals surface area contributed by atoms with Crippen molar-refractivity contribution in [2.24, 2.45) is 0 Å². The molecule has 3 amide bonds. The van der Waals surface area contributed by atoms with Gasteiger partial charge in [0.05, 0.1) is 0 Å². The molecule has 18 heavy (non-hydrogen) atoms. The van der Waals surface area contributed by atoms with Gasteiger partial charge >= 0.3 is 12.0 Å². The Morgan fingerprint density at radius 2 is 1.89 bits per heavy atom. The third-order valence-electron chi connectivity index (χ3n) is 2.62. The molecule has 0 bridgehead atoms. The summed E-state index contributed by atoms with van der Waals surface area (Å²) in [7, 11) is 1.49. The van der Waals surface area contributed by atoms with Crippen LogP contribution in [-0.2, 0) is 9.59 Å². The van der Waals surface area contributed by atoms with Gasteiger partial charge in [-0.05, 0) is 19.8 Å². The molecule has 0 saturated heterocycles. The van der Waals surface area contributed by atoms with E-state index in [9.17, 15) is 14.4 Å². The molecule has 1 aliphatic rings. The molecule has 7 nitrogen and oxygen atoms in total. The first kappa shape index (κ1) is 14.3. The summed E-state index contributed by atoms with van der Waals surface area (Å²) in [6.45, 7) is 1.92. The minimum Gasteiger partial charge on any atom is -0.480 e. The van der Waals surface area contributed by atoms with Crippen LogP contribution < -0.4 is 5.32 Å². The standard InChI is InChI=1S/C11H19N3O4/c1-3-12-9(15)6-13(2)11(18)14(7-10(16)17)8-4-5-8/h8H,3-7H2,1-2H3,(H,12,15)(H,16,17). The summed E-state index contributed by atoms with van der Waals surface area (Å²) in [5.41, 5.74) is 0. The van der Waals surface area contributed by atoms with Crippen molar-refractivity contribution < 1.29 is 19.5 Å². The summed E-state index contributed by atoms with van der Waals surface area (Å²) in [6.07, 6.45) is 1.65. The molecule has 102 valence electrons. The lowest BCUT2D eigenvalue weighted by atomic mass is 10.4. The first-order valence-electron chi connectivity index (χ1n) is 5.96. The van der Waals surface area contributed by atoms with E-state index in [1.54, 1.807) is 6.92 Å². The van der Waals surface area contributed by atoms with Crippen LogP contribution in [0.3, 0.4) is 0 Å². The van der Waals surface area contributed by atoms with E-state index in [1.165, 1.54) is 16.8 Å². The minimum atomic E-state index is -1.04. The number of carbonyl (C=O) groups excluding carboxylic acids is 2. The zero-order valence-electron chi connectivity index (χ0n) is 10.7. The van der Waals surface area contributed by atoms with Gasteiger partial charge in [-0.1, -0.05) is 0 Å². The van der Waals surface area contributed by atoms with Gasteiger partial charge in [-0.3, -0.25) is 9.59 Å². The van der Waals surface area contributed by atoms with Crippen LogP contribution in [0.4, 0.5) is 4.79 Å². The van der Waals surface area contributed by atoms with Crippen LogP contribution >= 0.6 is 0 Å². The van der Waals surface area contributed by atoms with E-state index in [-0.39, 0.29) is 25.0 Å². The van der Waals surface area contributed by atoms with E-state index in [0.29, 0.717) is 6.54 Å². The van der Waals surface area contributed by atoms with Gasteiger partial charge in [-0.15, -0.1) is 0 Å². The minimum absolute atomic E-state index is 0.00489. The summed E-state index contributed by atoms with van der Waals surface area (Å²) in [4.78, 5) is 36.6. The Labute approximate surface area is 106 Å². The van der Waals surface area contributed by atoms with Gasteiger partial charge in [0.15, 0.2) is 0 Å². The molecule has 0 aromatic rings. The molecule has 2 N–H and O–H groups in total. The van der Waals surface area contributed by atoms with Crippen molar-refractivity contribution in [3.05, 3.63) is 0 Å². The molecule has 0 aromatic carbocycles. The van der Waals surface area contributed by atoms with Gasteiger partial charge < -0.3 is 20.2 Å². The number of hydrogen-bond acceptors (Lipinski definition) is 3. The Morgan fingerprint density at radius 1 is 1.28 bits per heavy atom. The maximum Gasteiger partial charge on any atom is 0.323 e. The molecule has 1 rings (SSSR count). The summed E-state index contributed by atoms with van der Waals surface area (Å²) in [5, 5.41) is 11.4. The fraction of sp³-hybridized carbons (Fsp3) is 0.727. The SMILES string of the molecule is CCNC(=O)CN(C)C(=O)N(CC(=O)O)C1CC1. The molecule has 1 fully saturated rings. The number of rotatable bonds is 6. The van der Waals surface area contributed by atoms with Crippen LogP contribution in [0.2, 0.25) is 0 Å². The number of urea groups is 1. The number of likely N-dealkylation sites (N-methyl/N-ethyl adjacent to an activating group) is 2. The normalized spacial score (nSPS) is 13.9. The van der Waals surface area contributed by atoms with E-state index < -0.39 is 12.0 Å². The summed E-state index contributed by atoms with van der Waals surface area (Å²) in [5.74, 6) is -1.29. The van der Waals surface area contributed by atoms with Crippen LogP contribution in [-0.4, -0.2) is 65.5 Å². The van der Waals surface area contributed by atoms with Crippen LogP contribution in [0.1, 0.15) is 19.8 Å². The number of carboxylic acids is 1. The lowest BCUT2D eigenvalue weighted by molar-refractivity contribution is -0.137. The Morgan fingerprint density at radius 3 is 2.33 bits per heavy atom. The van der Waals surface area contributed by atoms with E-state index in [2.05, 4.69) is 5.32 Å². The highest BCUT2D eigenvalue weighted by Crippen LogP contribution is 2.27. The van der Waals surface area contributed by atoms with Crippen molar-refractivity contribution in [2.75, 3.05) is 26.7 Å². The van der Waals surface area contributed by atoms with Crippen LogP contribution in [0, 0.1) is 0 Å². The fourth-order valence-corrected chi connectivity index (χ4v) is 1.64. The number of carboxylic acid groups (broad SMARTS) is 1. The summed E-state index contributed by atoms with van der Waals surface area (Å²) in [6, 6.07) is -0.406. The van der Waals surface area contributed by atoms with Gasteiger partial charge in [0, 0.05) is 19.6 Å². The molecule has 0 atom stereocenters. The zero-order chi connectivity index (χ0) is 13.7. The van der Waals surface area contributed by atoms with Crippen LogP contribution in [0.25, 0.3) is 0 Å². The number of nitrogens with zero attached hydrogens (tertiary/aromatic N) is 2. The first-order valence-corrected chi connectivity index (χ1v) is 5.96. The number of aliphatic carboxylic acids is 1. The lowest BCUT2D eigenvalue weighted by Gasteiger charge is -2.26. The van der Waals surface area contributed by atoms with Crippen molar-refractivity contribution in [3.63, 3.8) is 0 Å². The van der Waals surface area contributed by atoms with Gasteiger partial charge in [-0.25, -0.2) is 4.79 Å². The number of carbonyl (C=O) groups is 3. The average Bonchev–Trinajstić information content (AvgIpc) is 3.08. The lowest BCUT2D eigenvalue weighted by Crippen LogP contribution is -2.48. The van der Waals surface area contributed by atoms with Gasteiger partial charge in [0.25, 0.3) is 0 Å². The molecule has 1 saturated carbocycles. The molecule has 0 radical (unpaired) electrons. The maximum atomic E-state index is 12.0. The highest BCUT2D eigenvalue weighted by atomic mass is 16.4. The Balaban J connectivity index is 2.53. The Hall–Kier alpha value is -1.79. The predicted molar refractivity (Wildman–Crippen MR) is 64.1 cm³/mol. The molecule has 7 heteroatoms. The zero-order valence-corrected chi connectivity index (χ0v) is 10.7. The van der Waals surface area contributed by atoms with E-state index in [1.807, 2.05) is 0 Å². The number of amides is 3. The topological polar surface area (TPSA) is 90.0 Å². The van der Waals surface area contributed by atoms with E-state index >= 15 is 0 Å². The van der Waals surface area contributed by atoms with E-state index in [0.717, 1.165) is 12.8 Å². The molecule has 0 heterocycles. The molecule has 0 unspecified atom stereocenters. The molecule has 0 aliphatic heterocycles. The second-order valence-electron chi connectivity index (χ2n) is 4.34. The van der Waals surface area contributed by atoms with Crippen LogP contribution in [0.15, 0.2) is 0 Å². The average molecular weight is 257 g/mol. The second-order valence-corrected chi connectivity index (χ2v) is 4.34. The molecule has 1 aliphatic carbocycles. The van der Waals surface area contributed by atoms with E-state index in [4.69, 9.17) is 5.11 Å².